The maximum Gasteiger partial charge on any atom is 0.233 e. The Labute approximate surface area is 195 Å². The Hall–Kier alpha value is -2.65. The second-order valence-electron chi connectivity index (χ2n) is 8.23. The molecular formula is C23H25N5O2S2. The predicted octanol–water partition coefficient (Wildman–Crippen LogP) is 4.62. The third-order valence-corrected chi connectivity index (χ3v) is 7.68. The molecule has 32 heavy (non-hydrogen) atoms. The fourth-order valence-electron chi connectivity index (χ4n) is 4.20. The third kappa shape index (κ3) is 4.45. The van der Waals surface area contributed by atoms with Gasteiger partial charge in [0.15, 0.2) is 5.16 Å². The number of hydrogen-bond donors (Lipinski definition) is 1. The molecule has 1 saturated heterocycles. The fraction of sp³-hybridized carbons (Fsp3) is 0.391. The number of thiophene rings is 1. The summed E-state index contributed by atoms with van der Waals surface area (Å²) in [6.07, 6.45) is 4.26. The van der Waals surface area contributed by atoms with E-state index in [9.17, 15) is 9.59 Å². The van der Waals surface area contributed by atoms with Crippen LogP contribution in [0.3, 0.4) is 0 Å². The second kappa shape index (κ2) is 9.07. The number of anilines is 1. The van der Waals surface area contributed by atoms with Crippen LogP contribution in [0, 0.1) is 0 Å². The van der Waals surface area contributed by atoms with Crippen molar-refractivity contribution in [2.45, 2.75) is 49.7 Å². The molecule has 2 amide bonds. The molecule has 1 unspecified atom stereocenters. The number of thioether (sulfide) groups is 1. The lowest BCUT2D eigenvalue weighted by Crippen LogP contribution is -2.31. The van der Waals surface area contributed by atoms with E-state index in [1.807, 2.05) is 39.8 Å². The predicted molar refractivity (Wildman–Crippen MR) is 126 cm³/mol. The van der Waals surface area contributed by atoms with E-state index in [1.165, 1.54) is 23.6 Å². The molecule has 166 valence electrons. The van der Waals surface area contributed by atoms with Crippen LogP contribution in [0.1, 0.15) is 55.3 Å². The summed E-state index contributed by atoms with van der Waals surface area (Å²) in [5.74, 6) is 1.69. The molecule has 0 radical (unpaired) electrons. The molecule has 1 N–H and O–H groups in total. The number of likely N-dealkylation sites (tertiary alicyclic amines) is 1. The van der Waals surface area contributed by atoms with Crippen LogP contribution in [-0.2, 0) is 9.59 Å². The first-order valence-electron chi connectivity index (χ1n) is 10.9. The zero-order chi connectivity index (χ0) is 22.1. The summed E-state index contributed by atoms with van der Waals surface area (Å²) < 4.78 is 2.04. The molecule has 1 aliphatic carbocycles. The zero-order valence-corrected chi connectivity index (χ0v) is 19.5. The number of aromatic nitrogens is 3. The lowest BCUT2D eigenvalue weighted by Gasteiger charge is -2.23. The molecule has 3 heterocycles. The van der Waals surface area contributed by atoms with Gasteiger partial charge in [-0.2, -0.15) is 0 Å². The van der Waals surface area contributed by atoms with E-state index in [-0.39, 0.29) is 17.9 Å². The van der Waals surface area contributed by atoms with Crippen LogP contribution in [0.5, 0.6) is 0 Å². The minimum Gasteiger partial charge on any atom is -0.334 e. The van der Waals surface area contributed by atoms with Crippen LogP contribution in [0.25, 0.3) is 5.69 Å². The number of carbonyl (C=O) groups is 2. The number of hydrogen-bond acceptors (Lipinski definition) is 6. The van der Waals surface area contributed by atoms with E-state index < -0.39 is 0 Å². The zero-order valence-electron chi connectivity index (χ0n) is 17.9. The van der Waals surface area contributed by atoms with E-state index >= 15 is 0 Å². The Balaban J connectivity index is 1.36. The van der Waals surface area contributed by atoms with E-state index in [0.717, 1.165) is 49.4 Å². The Morgan fingerprint density at radius 2 is 2.06 bits per heavy atom. The number of nitrogens with zero attached hydrogens (tertiary/aromatic N) is 4. The van der Waals surface area contributed by atoms with Crippen molar-refractivity contribution >= 4 is 40.6 Å². The summed E-state index contributed by atoms with van der Waals surface area (Å²) >= 11 is 3.15. The average molecular weight is 468 g/mol. The van der Waals surface area contributed by atoms with Gasteiger partial charge in [-0.25, -0.2) is 0 Å². The number of carbonyl (C=O) groups excluding carboxylic acids is 2. The minimum absolute atomic E-state index is 0.112. The summed E-state index contributed by atoms with van der Waals surface area (Å²) in [5.41, 5.74) is 1.63. The first-order valence-corrected chi connectivity index (χ1v) is 12.8. The van der Waals surface area contributed by atoms with Crippen LogP contribution in [0.2, 0.25) is 0 Å². The molecule has 2 aliphatic rings. The van der Waals surface area contributed by atoms with Crippen molar-refractivity contribution in [2.75, 3.05) is 17.6 Å². The molecule has 1 atom stereocenters. The highest BCUT2D eigenvalue weighted by Crippen LogP contribution is 2.41. The number of benzene rings is 1. The van der Waals surface area contributed by atoms with Gasteiger partial charge in [-0.05, 0) is 55.3 Å². The van der Waals surface area contributed by atoms with E-state index in [2.05, 4.69) is 27.0 Å². The van der Waals surface area contributed by atoms with Gasteiger partial charge in [0, 0.05) is 30.0 Å². The van der Waals surface area contributed by atoms with Crippen molar-refractivity contribution in [2.24, 2.45) is 0 Å². The smallest absolute Gasteiger partial charge is 0.233 e. The Bertz CT molecular complexity index is 1120. The molecule has 1 aromatic carbocycles. The van der Waals surface area contributed by atoms with Gasteiger partial charge < -0.3 is 10.2 Å². The SMILES string of the molecule is CC(=O)Nc1cccc(-n2c(SCC(=O)N3CCCC3c3cccs3)nnc2C2CC2)c1. The number of nitrogens with one attached hydrogen (secondary N) is 1. The molecule has 0 spiro atoms. The Kier molecular flexibility index (Phi) is 6.01. The maximum absolute atomic E-state index is 13.1. The van der Waals surface area contributed by atoms with Crippen LogP contribution in [0.4, 0.5) is 5.69 Å². The second-order valence-corrected chi connectivity index (χ2v) is 10.2. The van der Waals surface area contributed by atoms with Crippen molar-refractivity contribution in [1.82, 2.24) is 19.7 Å². The monoisotopic (exact) mass is 467 g/mol. The molecule has 0 bridgehead atoms. The van der Waals surface area contributed by atoms with Gasteiger partial charge >= 0.3 is 0 Å². The maximum atomic E-state index is 13.1. The first kappa shape index (κ1) is 21.2. The normalized spacial score (nSPS) is 18.2. The van der Waals surface area contributed by atoms with Crippen LogP contribution >= 0.6 is 23.1 Å². The van der Waals surface area contributed by atoms with E-state index in [0.29, 0.717) is 16.8 Å². The molecule has 2 fully saturated rings. The van der Waals surface area contributed by atoms with Gasteiger partial charge in [0.1, 0.15) is 5.82 Å². The fourth-order valence-corrected chi connectivity index (χ4v) is 5.92. The lowest BCUT2D eigenvalue weighted by molar-refractivity contribution is -0.129. The minimum atomic E-state index is -0.112. The topological polar surface area (TPSA) is 80.1 Å². The summed E-state index contributed by atoms with van der Waals surface area (Å²) in [4.78, 5) is 27.9. The van der Waals surface area contributed by atoms with Gasteiger partial charge in [0.2, 0.25) is 11.8 Å². The van der Waals surface area contributed by atoms with Crippen molar-refractivity contribution < 1.29 is 9.59 Å². The largest absolute Gasteiger partial charge is 0.334 e. The quantitative estimate of drug-likeness (QED) is 0.513. The van der Waals surface area contributed by atoms with Crippen LogP contribution in [0.15, 0.2) is 46.9 Å². The lowest BCUT2D eigenvalue weighted by atomic mass is 10.2. The molecule has 7 nitrogen and oxygen atoms in total. The third-order valence-electron chi connectivity index (χ3n) is 5.80. The van der Waals surface area contributed by atoms with Crippen molar-refractivity contribution in [3.05, 3.63) is 52.5 Å². The van der Waals surface area contributed by atoms with Crippen molar-refractivity contribution in [3.8, 4) is 5.69 Å². The Morgan fingerprint density at radius 1 is 1.19 bits per heavy atom. The molecule has 2 aromatic heterocycles. The number of amides is 2. The van der Waals surface area contributed by atoms with Gasteiger partial charge in [0.25, 0.3) is 0 Å². The molecule has 5 rings (SSSR count). The van der Waals surface area contributed by atoms with Crippen LogP contribution < -0.4 is 5.32 Å². The van der Waals surface area contributed by atoms with Gasteiger partial charge in [0.05, 0.1) is 17.5 Å². The van der Waals surface area contributed by atoms with Gasteiger partial charge in [-0.3, -0.25) is 14.2 Å². The van der Waals surface area contributed by atoms with Gasteiger partial charge in [-0.15, -0.1) is 21.5 Å². The molecule has 1 aliphatic heterocycles. The van der Waals surface area contributed by atoms with Crippen LogP contribution in [-0.4, -0.2) is 43.8 Å². The number of rotatable bonds is 7. The van der Waals surface area contributed by atoms with Crippen molar-refractivity contribution in [3.63, 3.8) is 0 Å². The molecule has 9 heteroatoms. The summed E-state index contributed by atoms with van der Waals surface area (Å²) in [7, 11) is 0. The molecule has 3 aromatic rings. The Morgan fingerprint density at radius 3 is 2.81 bits per heavy atom. The van der Waals surface area contributed by atoms with Gasteiger partial charge in [-0.1, -0.05) is 23.9 Å². The highest BCUT2D eigenvalue weighted by atomic mass is 32.2. The highest BCUT2D eigenvalue weighted by Gasteiger charge is 2.33. The standard InChI is InChI=1S/C23H25N5O2S2/c1-15(29)24-17-5-2-6-18(13-17)28-22(16-9-10-16)25-26-23(28)32-14-21(30)27-11-3-7-19(27)20-8-4-12-31-20/h2,4-6,8,12-13,16,19H,3,7,9-11,14H2,1H3,(H,24,29). The molecular weight excluding hydrogens is 442 g/mol. The van der Waals surface area contributed by atoms with E-state index in [1.54, 1.807) is 11.3 Å². The first-order chi connectivity index (χ1) is 15.6. The summed E-state index contributed by atoms with van der Waals surface area (Å²) in [5, 5.41) is 14.5. The van der Waals surface area contributed by atoms with E-state index in [4.69, 9.17) is 0 Å². The van der Waals surface area contributed by atoms with Crippen molar-refractivity contribution in [1.29, 1.82) is 0 Å². The highest BCUT2D eigenvalue weighted by molar-refractivity contribution is 7.99. The summed E-state index contributed by atoms with van der Waals surface area (Å²) in [6, 6.07) is 12.0. The average Bonchev–Trinajstić information content (AvgIpc) is 3.19. The molecule has 1 saturated carbocycles. The summed E-state index contributed by atoms with van der Waals surface area (Å²) in [6.45, 7) is 2.30.